The maximum Gasteiger partial charge on any atom is 0.319 e. The Bertz CT molecular complexity index is 728. The normalized spacial score (nSPS) is 26.2. The molecule has 4 atom stereocenters. The Morgan fingerprint density at radius 3 is 2.54 bits per heavy atom. The van der Waals surface area contributed by atoms with Crippen LogP contribution in [0.1, 0.15) is 24.5 Å². The van der Waals surface area contributed by atoms with Crippen LogP contribution < -0.4 is 16.0 Å². The number of nitrogens with one attached hydrogen (secondary N) is 3. The zero-order valence-corrected chi connectivity index (χ0v) is 15.1. The second-order valence-corrected chi connectivity index (χ2v) is 7.14. The van der Waals surface area contributed by atoms with Crippen LogP contribution in [-0.4, -0.2) is 58.6 Å². The van der Waals surface area contributed by atoms with Gasteiger partial charge in [0.05, 0.1) is 12.1 Å². The summed E-state index contributed by atoms with van der Waals surface area (Å²) in [7, 11) is 0. The predicted molar refractivity (Wildman–Crippen MR) is 95.6 cm³/mol. The van der Waals surface area contributed by atoms with E-state index in [4.69, 9.17) is 0 Å². The second-order valence-electron chi connectivity index (χ2n) is 7.14. The monoisotopic (exact) mass is 360 g/mol. The average Bonchev–Trinajstić information content (AvgIpc) is 2.93. The van der Waals surface area contributed by atoms with E-state index in [0.717, 1.165) is 11.1 Å². The van der Waals surface area contributed by atoms with Gasteiger partial charge in [-0.15, -0.1) is 0 Å². The van der Waals surface area contributed by atoms with Gasteiger partial charge in [-0.25, -0.2) is 4.79 Å². The number of carbonyl (C=O) groups is 3. The standard InChI is InChI=1S/C18H24N4O4/c1-9-4-10(2)6-12(5-9)19-18(26)20-13-7-14-16(24)21-15(11(3)23)17(25)22(14)8-13/h4-6,11,13-15,23H,7-8H2,1-3H3,(H,21,24)(H2,19,20,26)/t11-,13-,14-,15+/m0/s1. The molecule has 4 amide bonds. The number of hydrogen-bond donors (Lipinski definition) is 4. The fourth-order valence-electron chi connectivity index (χ4n) is 3.65. The minimum absolute atomic E-state index is 0.250. The van der Waals surface area contributed by atoms with Gasteiger partial charge >= 0.3 is 6.03 Å². The van der Waals surface area contributed by atoms with E-state index in [0.29, 0.717) is 12.1 Å². The van der Waals surface area contributed by atoms with Crippen LogP contribution in [0.5, 0.6) is 0 Å². The number of rotatable bonds is 3. The topological polar surface area (TPSA) is 111 Å². The molecule has 2 aliphatic heterocycles. The SMILES string of the molecule is Cc1cc(C)cc(NC(=O)N[C@H]2C[C@H]3C(=O)N[C@H]([C@H](C)O)C(=O)N3C2)c1. The van der Waals surface area contributed by atoms with Crippen molar-refractivity contribution in [3.8, 4) is 0 Å². The highest BCUT2D eigenvalue weighted by molar-refractivity contribution is 5.98. The van der Waals surface area contributed by atoms with Crippen molar-refractivity contribution in [3.05, 3.63) is 29.3 Å². The van der Waals surface area contributed by atoms with E-state index in [-0.39, 0.29) is 30.4 Å². The molecule has 2 aliphatic rings. The molecule has 0 spiro atoms. The maximum absolute atomic E-state index is 12.4. The summed E-state index contributed by atoms with van der Waals surface area (Å²) < 4.78 is 0. The lowest BCUT2D eigenvalue weighted by atomic mass is 10.0. The van der Waals surface area contributed by atoms with Crippen LogP contribution in [0.3, 0.4) is 0 Å². The van der Waals surface area contributed by atoms with Crippen molar-refractivity contribution in [1.82, 2.24) is 15.5 Å². The molecule has 0 radical (unpaired) electrons. The molecule has 0 saturated carbocycles. The van der Waals surface area contributed by atoms with Gasteiger partial charge in [0.2, 0.25) is 11.8 Å². The fourth-order valence-corrected chi connectivity index (χ4v) is 3.65. The number of aliphatic hydroxyl groups is 1. The Labute approximate surface area is 151 Å². The van der Waals surface area contributed by atoms with Crippen LogP contribution in [0.25, 0.3) is 0 Å². The van der Waals surface area contributed by atoms with Gasteiger partial charge in [0.15, 0.2) is 0 Å². The molecule has 140 valence electrons. The maximum atomic E-state index is 12.4. The van der Waals surface area contributed by atoms with Crippen LogP contribution in [-0.2, 0) is 9.59 Å². The first-order valence-corrected chi connectivity index (χ1v) is 8.69. The lowest BCUT2D eigenvalue weighted by Gasteiger charge is -2.35. The Balaban J connectivity index is 1.62. The number of amides is 4. The molecule has 4 N–H and O–H groups in total. The van der Waals surface area contributed by atoms with Crippen LogP contribution in [0.4, 0.5) is 10.5 Å². The Morgan fingerprint density at radius 2 is 1.92 bits per heavy atom. The third-order valence-electron chi connectivity index (χ3n) is 4.75. The number of fused-ring (bicyclic) bond motifs is 1. The highest BCUT2D eigenvalue weighted by Gasteiger charge is 2.47. The predicted octanol–water partition coefficient (Wildman–Crippen LogP) is 0.274. The highest BCUT2D eigenvalue weighted by atomic mass is 16.3. The number of nitrogens with zero attached hydrogens (tertiary/aromatic N) is 1. The van der Waals surface area contributed by atoms with Crippen molar-refractivity contribution in [2.24, 2.45) is 0 Å². The molecule has 3 rings (SSSR count). The first-order chi connectivity index (χ1) is 12.2. The minimum atomic E-state index is -0.965. The summed E-state index contributed by atoms with van der Waals surface area (Å²) in [6, 6.07) is 3.52. The molecule has 0 aromatic heterocycles. The van der Waals surface area contributed by atoms with E-state index < -0.39 is 18.2 Å². The summed E-state index contributed by atoms with van der Waals surface area (Å²) in [5.74, 6) is -0.613. The van der Waals surface area contributed by atoms with Crippen molar-refractivity contribution >= 4 is 23.5 Å². The van der Waals surface area contributed by atoms with Gasteiger partial charge < -0.3 is 26.0 Å². The van der Waals surface area contributed by atoms with E-state index >= 15 is 0 Å². The number of aryl methyl sites for hydroxylation is 2. The summed E-state index contributed by atoms with van der Waals surface area (Å²) in [5, 5.41) is 17.8. The van der Waals surface area contributed by atoms with Crippen LogP contribution in [0, 0.1) is 13.8 Å². The van der Waals surface area contributed by atoms with E-state index in [9.17, 15) is 19.5 Å². The molecule has 1 aromatic rings. The quantitative estimate of drug-likeness (QED) is 0.620. The molecule has 2 saturated heterocycles. The number of urea groups is 1. The van der Waals surface area contributed by atoms with Gasteiger partial charge in [-0.3, -0.25) is 9.59 Å². The molecular formula is C18H24N4O4. The third-order valence-corrected chi connectivity index (χ3v) is 4.75. The van der Waals surface area contributed by atoms with Crippen LogP contribution in [0.15, 0.2) is 18.2 Å². The van der Waals surface area contributed by atoms with Crippen molar-refractivity contribution in [2.45, 2.75) is 51.4 Å². The molecule has 0 unspecified atom stereocenters. The van der Waals surface area contributed by atoms with Gasteiger partial charge in [-0.2, -0.15) is 0 Å². The van der Waals surface area contributed by atoms with Crippen molar-refractivity contribution in [1.29, 1.82) is 0 Å². The van der Waals surface area contributed by atoms with Gasteiger partial charge in [-0.1, -0.05) is 6.07 Å². The lowest BCUT2D eigenvalue weighted by Crippen LogP contribution is -2.64. The number of carbonyl (C=O) groups excluding carboxylic acids is 3. The fraction of sp³-hybridized carbons (Fsp3) is 0.500. The molecule has 8 nitrogen and oxygen atoms in total. The lowest BCUT2D eigenvalue weighted by molar-refractivity contribution is -0.149. The Hall–Kier alpha value is -2.61. The summed E-state index contributed by atoms with van der Waals surface area (Å²) in [5.41, 5.74) is 2.79. The molecule has 26 heavy (non-hydrogen) atoms. The number of anilines is 1. The summed E-state index contributed by atoms with van der Waals surface area (Å²) >= 11 is 0. The molecule has 0 aliphatic carbocycles. The smallest absolute Gasteiger partial charge is 0.319 e. The highest BCUT2D eigenvalue weighted by Crippen LogP contribution is 2.24. The zero-order valence-electron chi connectivity index (χ0n) is 15.1. The summed E-state index contributed by atoms with van der Waals surface area (Å²) in [4.78, 5) is 38.3. The Kier molecular flexibility index (Phi) is 4.86. The van der Waals surface area contributed by atoms with Crippen molar-refractivity contribution in [2.75, 3.05) is 11.9 Å². The number of piperazine rings is 1. The largest absolute Gasteiger partial charge is 0.391 e. The summed E-state index contributed by atoms with van der Waals surface area (Å²) in [6.45, 7) is 5.62. The number of hydrogen-bond acceptors (Lipinski definition) is 4. The first-order valence-electron chi connectivity index (χ1n) is 8.69. The van der Waals surface area contributed by atoms with Gasteiger partial charge in [0, 0.05) is 12.2 Å². The third kappa shape index (κ3) is 3.65. The molecular weight excluding hydrogens is 336 g/mol. The summed E-state index contributed by atoms with van der Waals surface area (Å²) in [6.07, 6.45) is -0.614. The average molecular weight is 360 g/mol. The van der Waals surface area contributed by atoms with E-state index in [1.54, 1.807) is 0 Å². The van der Waals surface area contributed by atoms with Crippen LogP contribution in [0.2, 0.25) is 0 Å². The van der Waals surface area contributed by atoms with Crippen LogP contribution >= 0.6 is 0 Å². The number of aliphatic hydroxyl groups excluding tert-OH is 1. The second kappa shape index (κ2) is 6.95. The van der Waals surface area contributed by atoms with Gasteiger partial charge in [0.1, 0.15) is 12.1 Å². The molecule has 0 bridgehead atoms. The molecule has 2 heterocycles. The van der Waals surface area contributed by atoms with E-state index in [1.165, 1.54) is 11.8 Å². The van der Waals surface area contributed by atoms with Crippen molar-refractivity contribution in [3.63, 3.8) is 0 Å². The van der Waals surface area contributed by atoms with E-state index in [2.05, 4.69) is 16.0 Å². The van der Waals surface area contributed by atoms with E-state index in [1.807, 2.05) is 32.0 Å². The van der Waals surface area contributed by atoms with Crippen molar-refractivity contribution < 1.29 is 19.5 Å². The zero-order chi connectivity index (χ0) is 19.0. The molecule has 1 aromatic carbocycles. The molecule has 2 fully saturated rings. The Morgan fingerprint density at radius 1 is 1.27 bits per heavy atom. The number of benzene rings is 1. The molecule has 8 heteroatoms. The van der Waals surface area contributed by atoms with Gasteiger partial charge in [0.25, 0.3) is 0 Å². The minimum Gasteiger partial charge on any atom is -0.391 e. The first kappa shape index (κ1) is 18.2. The van der Waals surface area contributed by atoms with Gasteiger partial charge in [-0.05, 0) is 50.5 Å².